The third-order valence-electron chi connectivity index (χ3n) is 6.31. The van der Waals surface area contributed by atoms with Crippen molar-refractivity contribution in [2.24, 2.45) is 0 Å². The molecule has 4 amide bonds. The number of benzene rings is 2. The van der Waals surface area contributed by atoms with Crippen LogP contribution in [0.4, 0.5) is 10.5 Å². The maximum atomic E-state index is 12.5. The monoisotopic (exact) mass is 476 g/mol. The molecule has 2 aromatic rings. The second-order valence-electron chi connectivity index (χ2n) is 8.40. The Labute approximate surface area is 201 Å². The summed E-state index contributed by atoms with van der Waals surface area (Å²) in [7, 11) is 0. The van der Waals surface area contributed by atoms with E-state index >= 15 is 0 Å². The number of carbonyl (C=O) groups is 4. The highest BCUT2D eigenvalue weighted by molar-refractivity contribution is 8.18. The topological polar surface area (TPSA) is 90.0 Å². The van der Waals surface area contributed by atoms with Gasteiger partial charge < -0.3 is 4.90 Å². The first-order valence-corrected chi connectivity index (χ1v) is 12.1. The highest BCUT2D eigenvalue weighted by atomic mass is 32.2. The number of nitrogens with zero attached hydrogens (tertiary/aromatic N) is 3. The fraction of sp³-hybridized carbons (Fsp3) is 0.280. The number of nitrogens with one attached hydrogen (secondary N) is 1. The molecule has 3 heterocycles. The van der Waals surface area contributed by atoms with Crippen LogP contribution in [0.15, 0.2) is 53.4 Å². The van der Waals surface area contributed by atoms with E-state index in [2.05, 4.69) is 15.1 Å². The molecular formula is C25H24N4O4S. The van der Waals surface area contributed by atoms with E-state index in [-0.39, 0.29) is 23.0 Å². The van der Waals surface area contributed by atoms with Gasteiger partial charge in [-0.05, 0) is 54.6 Å². The summed E-state index contributed by atoms with van der Waals surface area (Å²) in [6.07, 6.45) is 2.50. The molecule has 0 unspecified atom stereocenters. The molecule has 1 N–H and O–H groups in total. The van der Waals surface area contributed by atoms with Crippen LogP contribution in [0.1, 0.15) is 32.7 Å². The zero-order chi connectivity index (χ0) is 23.7. The average molecular weight is 477 g/mol. The van der Waals surface area contributed by atoms with Crippen LogP contribution in [0.2, 0.25) is 0 Å². The van der Waals surface area contributed by atoms with Crippen molar-refractivity contribution in [3.63, 3.8) is 0 Å². The highest BCUT2D eigenvalue weighted by Gasteiger charge is 2.34. The van der Waals surface area contributed by atoms with Gasteiger partial charge in [0.25, 0.3) is 23.0 Å². The van der Waals surface area contributed by atoms with Crippen molar-refractivity contribution in [2.45, 2.75) is 6.42 Å². The predicted molar refractivity (Wildman–Crippen MR) is 131 cm³/mol. The van der Waals surface area contributed by atoms with Crippen molar-refractivity contribution in [3.8, 4) is 0 Å². The first-order chi connectivity index (χ1) is 16.5. The number of imide groups is 2. The minimum Gasteiger partial charge on any atom is -0.368 e. The quantitative estimate of drug-likeness (QED) is 0.507. The van der Waals surface area contributed by atoms with Crippen LogP contribution in [0.5, 0.6) is 0 Å². The fourth-order valence-corrected chi connectivity index (χ4v) is 5.24. The number of hydrogen-bond donors (Lipinski definition) is 1. The third-order valence-corrected chi connectivity index (χ3v) is 7.12. The Balaban J connectivity index is 1.15. The van der Waals surface area contributed by atoms with Crippen LogP contribution >= 0.6 is 11.8 Å². The van der Waals surface area contributed by atoms with Crippen LogP contribution in [0, 0.1) is 0 Å². The molecule has 9 heteroatoms. The SMILES string of the molecule is O=C1NC(=O)/C(=C/c2ccccc2N2CCN(CCCN3C(=O)c4ccccc4C3=O)CC2)S1. The Hall–Kier alpha value is -3.43. The molecular weight excluding hydrogens is 452 g/mol. The molecule has 2 saturated heterocycles. The smallest absolute Gasteiger partial charge is 0.290 e. The molecule has 0 aliphatic carbocycles. The zero-order valence-electron chi connectivity index (χ0n) is 18.5. The van der Waals surface area contributed by atoms with Crippen molar-refractivity contribution >= 4 is 46.5 Å². The summed E-state index contributed by atoms with van der Waals surface area (Å²) in [5.41, 5.74) is 2.93. The van der Waals surface area contributed by atoms with Gasteiger partial charge in [0.05, 0.1) is 16.0 Å². The summed E-state index contributed by atoms with van der Waals surface area (Å²) in [4.78, 5) is 54.8. The van der Waals surface area contributed by atoms with E-state index in [9.17, 15) is 19.2 Å². The zero-order valence-corrected chi connectivity index (χ0v) is 19.3. The van der Waals surface area contributed by atoms with Crippen molar-refractivity contribution in [1.29, 1.82) is 0 Å². The second kappa shape index (κ2) is 9.44. The molecule has 174 valence electrons. The molecule has 8 nitrogen and oxygen atoms in total. The van der Waals surface area contributed by atoms with Crippen molar-refractivity contribution < 1.29 is 19.2 Å². The minimum atomic E-state index is -0.354. The molecule has 0 bridgehead atoms. The van der Waals surface area contributed by atoms with Crippen LogP contribution < -0.4 is 10.2 Å². The number of hydrogen-bond acceptors (Lipinski definition) is 7. The van der Waals surface area contributed by atoms with Gasteiger partial charge in [-0.1, -0.05) is 30.3 Å². The normalized spacial score (nSPS) is 19.8. The van der Waals surface area contributed by atoms with E-state index < -0.39 is 0 Å². The number of thioether (sulfide) groups is 1. The average Bonchev–Trinajstić information content (AvgIpc) is 3.30. The van der Waals surface area contributed by atoms with Gasteiger partial charge in [-0.15, -0.1) is 0 Å². The summed E-state index contributed by atoms with van der Waals surface area (Å²) < 4.78 is 0. The van der Waals surface area contributed by atoms with Gasteiger partial charge in [0.1, 0.15) is 0 Å². The van der Waals surface area contributed by atoms with E-state index in [0.717, 1.165) is 62.2 Å². The Bertz CT molecular complexity index is 1170. The van der Waals surface area contributed by atoms with Crippen molar-refractivity contribution in [2.75, 3.05) is 44.2 Å². The molecule has 34 heavy (non-hydrogen) atoms. The molecule has 0 radical (unpaired) electrons. The maximum absolute atomic E-state index is 12.5. The largest absolute Gasteiger partial charge is 0.368 e. The van der Waals surface area contributed by atoms with Crippen molar-refractivity contribution in [3.05, 3.63) is 70.1 Å². The molecule has 3 aliphatic rings. The Morgan fingerprint density at radius 1 is 0.824 bits per heavy atom. The van der Waals surface area contributed by atoms with Gasteiger partial charge in [0.15, 0.2) is 0 Å². The Morgan fingerprint density at radius 2 is 1.47 bits per heavy atom. The lowest BCUT2D eigenvalue weighted by molar-refractivity contribution is -0.115. The lowest BCUT2D eigenvalue weighted by atomic mass is 10.1. The van der Waals surface area contributed by atoms with Crippen LogP contribution in [0.25, 0.3) is 6.08 Å². The number of rotatable bonds is 6. The molecule has 0 aromatic heterocycles. The summed E-state index contributed by atoms with van der Waals surface area (Å²) in [5, 5.41) is 1.95. The van der Waals surface area contributed by atoms with Crippen LogP contribution in [-0.4, -0.2) is 72.0 Å². The van der Waals surface area contributed by atoms with E-state index in [4.69, 9.17) is 0 Å². The highest BCUT2D eigenvalue weighted by Crippen LogP contribution is 2.30. The molecule has 0 atom stereocenters. The molecule has 0 saturated carbocycles. The summed E-state index contributed by atoms with van der Waals surface area (Å²) >= 11 is 0.923. The Kier molecular flexibility index (Phi) is 6.21. The van der Waals surface area contributed by atoms with Gasteiger partial charge >= 0.3 is 0 Å². The Morgan fingerprint density at radius 3 is 2.12 bits per heavy atom. The molecule has 3 aliphatic heterocycles. The van der Waals surface area contributed by atoms with Gasteiger partial charge in [0, 0.05) is 38.4 Å². The molecule has 2 fully saturated rings. The van der Waals surface area contributed by atoms with Crippen molar-refractivity contribution in [1.82, 2.24) is 15.1 Å². The standard InChI is InChI=1S/C25H24N4O4S/c30-22-21(34-25(33)26-22)16-17-6-1-4-9-20(17)28-14-12-27(13-15-28)10-5-11-29-23(31)18-7-2-3-8-19(18)24(29)32/h1-4,6-9,16H,5,10-15H2,(H,26,30,33)/b21-16-. The van der Waals surface area contributed by atoms with E-state index in [1.807, 2.05) is 24.3 Å². The van der Waals surface area contributed by atoms with E-state index in [1.165, 1.54) is 4.90 Å². The first kappa shape index (κ1) is 22.4. The van der Waals surface area contributed by atoms with Crippen LogP contribution in [-0.2, 0) is 4.79 Å². The van der Waals surface area contributed by atoms with Gasteiger partial charge in [-0.25, -0.2) is 0 Å². The van der Waals surface area contributed by atoms with Gasteiger partial charge in [-0.3, -0.25) is 34.3 Å². The summed E-state index contributed by atoms with van der Waals surface area (Å²) in [5.74, 6) is -0.758. The minimum absolute atomic E-state index is 0.202. The molecule has 2 aromatic carbocycles. The van der Waals surface area contributed by atoms with E-state index in [1.54, 1.807) is 30.3 Å². The third kappa shape index (κ3) is 4.36. The fourth-order valence-electron chi connectivity index (χ4n) is 4.57. The van der Waals surface area contributed by atoms with Gasteiger partial charge in [-0.2, -0.15) is 0 Å². The number of piperazine rings is 1. The maximum Gasteiger partial charge on any atom is 0.290 e. The van der Waals surface area contributed by atoms with E-state index in [0.29, 0.717) is 22.6 Å². The number of para-hydroxylation sites is 1. The molecule has 0 spiro atoms. The number of carbonyl (C=O) groups excluding carboxylic acids is 4. The number of anilines is 1. The summed E-state index contributed by atoms with van der Waals surface area (Å²) in [6.45, 7) is 4.60. The van der Waals surface area contributed by atoms with Crippen LogP contribution in [0.3, 0.4) is 0 Å². The molecule has 5 rings (SSSR count). The summed E-state index contributed by atoms with van der Waals surface area (Å²) in [6, 6.07) is 14.8. The lowest BCUT2D eigenvalue weighted by Gasteiger charge is -2.37. The number of fused-ring (bicyclic) bond motifs is 1. The van der Waals surface area contributed by atoms with Gasteiger partial charge in [0.2, 0.25) is 0 Å². The lowest BCUT2D eigenvalue weighted by Crippen LogP contribution is -2.47. The predicted octanol–water partition coefficient (Wildman–Crippen LogP) is 2.82. The number of amides is 4. The first-order valence-electron chi connectivity index (χ1n) is 11.3. The second-order valence-corrected chi connectivity index (χ2v) is 9.42.